The third kappa shape index (κ3) is 4.40. The molecule has 33 heavy (non-hydrogen) atoms. The molecule has 0 bridgehead atoms. The van der Waals surface area contributed by atoms with Crippen molar-refractivity contribution in [1.82, 2.24) is 29.7 Å². The van der Waals surface area contributed by atoms with E-state index in [0.717, 1.165) is 11.5 Å². The number of aromatic amines is 1. The zero-order valence-corrected chi connectivity index (χ0v) is 16.4. The molecule has 1 N–H and O–H groups in total. The molecule has 0 aliphatic heterocycles. The van der Waals surface area contributed by atoms with Crippen LogP contribution in [0.15, 0.2) is 49.3 Å². The van der Waals surface area contributed by atoms with E-state index in [0.29, 0.717) is 22.5 Å². The van der Waals surface area contributed by atoms with Crippen LogP contribution in [0.5, 0.6) is 0 Å². The number of aromatic nitrogens is 6. The molecule has 0 amide bonds. The molecule has 0 aliphatic rings. The first kappa shape index (κ1) is 21.6. The fourth-order valence-electron chi connectivity index (χ4n) is 3.10. The Hall–Kier alpha value is -4.60. The van der Waals surface area contributed by atoms with Gasteiger partial charge in [0, 0.05) is 29.5 Å². The second kappa shape index (κ2) is 8.50. The number of nitrogens with zero attached hydrogens (tertiary/aromatic N) is 6. The highest BCUT2D eigenvalue weighted by Gasteiger charge is 2.42. The highest BCUT2D eigenvalue weighted by Crippen LogP contribution is 2.27. The molecule has 0 fully saturated rings. The Morgan fingerprint density at radius 3 is 2.70 bits per heavy atom. The van der Waals surface area contributed by atoms with E-state index in [2.05, 4.69) is 29.8 Å². The highest BCUT2D eigenvalue weighted by atomic mass is 19.4. The molecular weight excluding hydrogens is 443 g/mol. The van der Waals surface area contributed by atoms with Crippen molar-refractivity contribution in [1.29, 1.82) is 5.26 Å². The number of ether oxygens (including phenoxy) is 1. The van der Waals surface area contributed by atoms with Gasteiger partial charge < -0.3 is 9.72 Å². The molecule has 4 rings (SSSR count). The number of carbonyl (C=O) groups is 2. The van der Waals surface area contributed by atoms with Gasteiger partial charge in [-0.25, -0.2) is 24.5 Å². The van der Waals surface area contributed by atoms with Gasteiger partial charge in [-0.3, -0.25) is 4.68 Å². The Morgan fingerprint density at radius 1 is 1.18 bits per heavy atom. The van der Waals surface area contributed by atoms with Gasteiger partial charge in [0.15, 0.2) is 0 Å². The maximum Gasteiger partial charge on any atom is 0.491 e. The Labute approximate surface area is 182 Å². The average Bonchev–Trinajstić information content (AvgIpc) is 3.46. The summed E-state index contributed by atoms with van der Waals surface area (Å²) in [6.07, 6.45) is 2.27. The summed E-state index contributed by atoms with van der Waals surface area (Å²) in [6.45, 7) is 0. The molecule has 4 aromatic heterocycles. The van der Waals surface area contributed by atoms with Crippen molar-refractivity contribution in [3.05, 3.63) is 60.6 Å². The van der Waals surface area contributed by atoms with Gasteiger partial charge in [0.25, 0.3) is 0 Å². The van der Waals surface area contributed by atoms with E-state index in [1.165, 1.54) is 23.3 Å². The van der Waals surface area contributed by atoms with E-state index in [1.807, 2.05) is 12.1 Å². The number of carbonyl (C=O) groups excluding carboxylic acids is 2. The van der Waals surface area contributed by atoms with E-state index in [9.17, 15) is 28.0 Å². The number of fused-ring (bicyclic) bond motifs is 1. The average molecular weight is 455 g/mol. The summed E-state index contributed by atoms with van der Waals surface area (Å²) < 4.78 is 42.1. The maximum absolute atomic E-state index is 12.3. The molecule has 0 saturated carbocycles. The minimum absolute atomic E-state index is 0.0114. The molecule has 10 nitrogen and oxygen atoms in total. The number of hydrogen-bond donors (Lipinski definition) is 1. The lowest BCUT2D eigenvalue weighted by atomic mass is 10.1. The standard InChI is InChI=1S/C20H12F3N7O3/c21-20(22,23)19(32)33-18(31)14-2-1-11(7-26-14)15(3-5-24)30-9-12(8-29-30)16-13-4-6-25-17(13)28-10-27-16/h1-2,4,6-10,15H,3H2,(H,25,27,28). The Balaban J connectivity index is 1.58. The van der Waals surface area contributed by atoms with Crippen molar-refractivity contribution in [2.45, 2.75) is 18.6 Å². The summed E-state index contributed by atoms with van der Waals surface area (Å²) in [7, 11) is 0. The number of hydrogen-bond acceptors (Lipinski definition) is 8. The molecule has 4 aromatic rings. The lowest BCUT2D eigenvalue weighted by molar-refractivity contribution is -0.193. The first-order valence-corrected chi connectivity index (χ1v) is 9.26. The molecule has 0 aliphatic carbocycles. The van der Waals surface area contributed by atoms with Gasteiger partial charge in [-0.2, -0.15) is 23.5 Å². The Morgan fingerprint density at radius 2 is 2.00 bits per heavy atom. The monoisotopic (exact) mass is 455 g/mol. The quantitative estimate of drug-likeness (QED) is 0.358. The van der Waals surface area contributed by atoms with Crippen LogP contribution in [0.3, 0.4) is 0 Å². The number of esters is 2. The largest absolute Gasteiger partial charge is 0.491 e. The topological polar surface area (TPSA) is 139 Å². The van der Waals surface area contributed by atoms with Crippen LogP contribution in [0.4, 0.5) is 13.2 Å². The second-order valence-electron chi connectivity index (χ2n) is 6.70. The zero-order chi connectivity index (χ0) is 23.6. The van der Waals surface area contributed by atoms with Gasteiger partial charge in [0.2, 0.25) is 0 Å². The number of halogens is 3. The summed E-state index contributed by atoms with van der Waals surface area (Å²) in [5.74, 6) is -4.17. The third-order valence-electron chi connectivity index (χ3n) is 4.63. The molecular formula is C20H12F3N7O3. The van der Waals surface area contributed by atoms with Crippen LogP contribution < -0.4 is 0 Å². The van der Waals surface area contributed by atoms with Gasteiger partial charge in [-0.1, -0.05) is 6.07 Å². The van der Waals surface area contributed by atoms with Crippen LogP contribution in [0.1, 0.15) is 28.5 Å². The van der Waals surface area contributed by atoms with Crippen LogP contribution in [0.25, 0.3) is 22.3 Å². The zero-order valence-electron chi connectivity index (χ0n) is 16.4. The summed E-state index contributed by atoms with van der Waals surface area (Å²) in [5.41, 5.74) is 1.91. The van der Waals surface area contributed by atoms with Gasteiger partial charge >= 0.3 is 18.1 Å². The molecule has 0 radical (unpaired) electrons. The minimum atomic E-state index is -5.30. The van der Waals surface area contributed by atoms with Crippen molar-refractivity contribution in [3.8, 4) is 17.3 Å². The van der Waals surface area contributed by atoms with Gasteiger partial charge in [0.05, 0.1) is 30.4 Å². The molecule has 1 atom stereocenters. The summed E-state index contributed by atoms with van der Waals surface area (Å²) in [5, 5.41) is 14.4. The van der Waals surface area contributed by atoms with Crippen LogP contribution in [-0.4, -0.2) is 47.8 Å². The SMILES string of the molecule is N#CCC(c1ccc(C(=O)OC(=O)C(F)(F)F)nc1)n1cc(-c2ncnc3[nH]ccc23)cn1. The number of nitriles is 1. The second-order valence-corrected chi connectivity index (χ2v) is 6.70. The number of rotatable bonds is 5. The first-order chi connectivity index (χ1) is 15.8. The van der Waals surface area contributed by atoms with Gasteiger partial charge in [-0.15, -0.1) is 0 Å². The Kier molecular flexibility index (Phi) is 5.57. The molecule has 4 heterocycles. The van der Waals surface area contributed by atoms with Crippen LogP contribution in [0, 0.1) is 11.3 Å². The molecule has 0 spiro atoms. The molecule has 13 heteroatoms. The lowest BCUT2D eigenvalue weighted by Gasteiger charge is -2.15. The van der Waals surface area contributed by atoms with E-state index in [4.69, 9.17) is 0 Å². The van der Waals surface area contributed by atoms with E-state index >= 15 is 0 Å². The van der Waals surface area contributed by atoms with Crippen molar-refractivity contribution in [2.75, 3.05) is 0 Å². The van der Waals surface area contributed by atoms with E-state index in [-0.39, 0.29) is 6.42 Å². The third-order valence-corrected chi connectivity index (χ3v) is 4.63. The highest BCUT2D eigenvalue weighted by molar-refractivity contribution is 5.96. The fraction of sp³-hybridized carbons (Fsp3) is 0.150. The first-order valence-electron chi connectivity index (χ1n) is 9.26. The van der Waals surface area contributed by atoms with E-state index < -0.39 is 29.9 Å². The van der Waals surface area contributed by atoms with Gasteiger partial charge in [-0.05, 0) is 17.7 Å². The van der Waals surface area contributed by atoms with Crippen molar-refractivity contribution in [3.63, 3.8) is 0 Å². The van der Waals surface area contributed by atoms with Crippen LogP contribution >= 0.6 is 0 Å². The van der Waals surface area contributed by atoms with Crippen molar-refractivity contribution in [2.24, 2.45) is 0 Å². The van der Waals surface area contributed by atoms with Gasteiger partial charge in [0.1, 0.15) is 17.7 Å². The number of H-pyrrole nitrogens is 1. The lowest BCUT2D eigenvalue weighted by Crippen LogP contribution is -2.28. The molecule has 1 unspecified atom stereocenters. The van der Waals surface area contributed by atoms with E-state index in [1.54, 1.807) is 18.6 Å². The minimum Gasteiger partial charge on any atom is -0.381 e. The van der Waals surface area contributed by atoms with Crippen molar-refractivity contribution < 1.29 is 27.5 Å². The van der Waals surface area contributed by atoms with Crippen molar-refractivity contribution >= 4 is 23.0 Å². The summed E-state index contributed by atoms with van der Waals surface area (Å²) in [6, 6.07) is 5.74. The van der Waals surface area contributed by atoms with Crippen LogP contribution in [0.2, 0.25) is 0 Å². The smallest absolute Gasteiger partial charge is 0.381 e. The summed E-state index contributed by atoms with van der Waals surface area (Å²) >= 11 is 0. The maximum atomic E-state index is 12.3. The summed E-state index contributed by atoms with van der Waals surface area (Å²) in [4.78, 5) is 37.7. The number of pyridine rings is 1. The number of nitrogens with one attached hydrogen (secondary N) is 1. The molecule has 0 saturated heterocycles. The number of alkyl halides is 3. The van der Waals surface area contributed by atoms with Crippen LogP contribution in [-0.2, 0) is 9.53 Å². The normalized spacial score (nSPS) is 12.3. The molecule has 166 valence electrons. The predicted molar refractivity (Wildman–Crippen MR) is 104 cm³/mol. The molecule has 0 aromatic carbocycles. The predicted octanol–water partition coefficient (Wildman–Crippen LogP) is 2.97. The fourth-order valence-corrected chi connectivity index (χ4v) is 3.10. The Bertz CT molecular complexity index is 1370.